The summed E-state index contributed by atoms with van der Waals surface area (Å²) >= 11 is 3.34. The summed E-state index contributed by atoms with van der Waals surface area (Å²) in [4.78, 5) is 2.85. The highest BCUT2D eigenvalue weighted by Gasteiger charge is 2.05. The number of hydrogen-bond acceptors (Lipinski definition) is 1. The molecule has 2 heterocycles. The lowest BCUT2D eigenvalue weighted by Crippen LogP contribution is -2.26. The van der Waals surface area contributed by atoms with Crippen LogP contribution in [0.5, 0.6) is 0 Å². The molecule has 2 aromatic rings. The van der Waals surface area contributed by atoms with Crippen LogP contribution in [0.25, 0.3) is 11.0 Å². The number of pyridine rings is 1. The number of aromatic amines is 1. The monoisotopic (exact) mass is 212 g/mol. The average Bonchev–Trinajstić information content (AvgIpc) is 2.45. The van der Waals surface area contributed by atoms with E-state index in [2.05, 4.69) is 20.9 Å². The van der Waals surface area contributed by atoms with Gasteiger partial charge in [-0.2, -0.15) is 0 Å². The van der Waals surface area contributed by atoms with Gasteiger partial charge in [-0.15, -0.1) is 0 Å². The Hall–Kier alpha value is -1.03. The number of aromatic nitrogens is 2. The first-order valence-electron chi connectivity index (χ1n) is 3.14. The molecule has 0 radical (unpaired) electrons. The smallest absolute Gasteiger partial charge is 0.290 e. The van der Waals surface area contributed by atoms with Crippen molar-refractivity contribution in [1.82, 2.24) is 4.98 Å². The van der Waals surface area contributed by atoms with E-state index in [9.17, 15) is 5.21 Å². The quantitative estimate of drug-likeness (QED) is 0.523. The van der Waals surface area contributed by atoms with E-state index in [0.717, 1.165) is 14.6 Å². The number of H-pyrrole nitrogens is 1. The van der Waals surface area contributed by atoms with Crippen LogP contribution in [0.2, 0.25) is 0 Å². The van der Waals surface area contributed by atoms with Crippen molar-refractivity contribution in [2.75, 3.05) is 0 Å². The third kappa shape index (κ3) is 0.903. The van der Waals surface area contributed by atoms with Crippen molar-refractivity contribution in [1.29, 1.82) is 0 Å². The van der Waals surface area contributed by atoms with Crippen LogP contribution in [0.1, 0.15) is 0 Å². The van der Waals surface area contributed by atoms with Gasteiger partial charge < -0.3 is 5.21 Å². The number of fused-ring (bicyclic) bond motifs is 1. The Balaban J connectivity index is 2.96. The molecule has 0 bridgehead atoms. The van der Waals surface area contributed by atoms with Crippen LogP contribution in [0.15, 0.2) is 29.0 Å². The van der Waals surface area contributed by atoms with Gasteiger partial charge >= 0.3 is 0 Å². The fraction of sp³-hybridized carbons (Fsp3) is 0. The maximum atomic E-state index is 11.1. The minimum atomic E-state index is 0.583. The van der Waals surface area contributed by atoms with Gasteiger partial charge in [-0.1, -0.05) is 0 Å². The van der Waals surface area contributed by atoms with Crippen LogP contribution in [-0.2, 0) is 0 Å². The first-order chi connectivity index (χ1) is 5.29. The number of halogens is 1. The molecule has 0 aliphatic rings. The third-order valence-electron chi connectivity index (χ3n) is 1.56. The lowest BCUT2D eigenvalue weighted by Gasteiger charge is -2.01. The predicted molar refractivity (Wildman–Crippen MR) is 45.0 cm³/mol. The Bertz CT molecular complexity index is 360. The van der Waals surface area contributed by atoms with E-state index in [-0.39, 0.29) is 0 Å². The summed E-state index contributed by atoms with van der Waals surface area (Å²) < 4.78 is 1.74. The van der Waals surface area contributed by atoms with Crippen LogP contribution in [0.3, 0.4) is 0 Å². The molecule has 2 rings (SSSR count). The Labute approximate surface area is 71.4 Å². The molecule has 0 spiro atoms. The molecule has 0 saturated heterocycles. The summed E-state index contributed by atoms with van der Waals surface area (Å²) in [5, 5.41) is 12.0. The fourth-order valence-electron chi connectivity index (χ4n) is 1.03. The van der Waals surface area contributed by atoms with Crippen molar-refractivity contribution in [3.63, 3.8) is 0 Å². The highest BCUT2D eigenvalue weighted by atomic mass is 79.9. The van der Waals surface area contributed by atoms with Gasteiger partial charge in [0.05, 0.1) is 17.8 Å². The van der Waals surface area contributed by atoms with E-state index in [1.165, 1.54) is 6.20 Å². The van der Waals surface area contributed by atoms with Gasteiger partial charge in [0.25, 0.3) is 5.65 Å². The van der Waals surface area contributed by atoms with Crippen molar-refractivity contribution in [3.8, 4) is 0 Å². The van der Waals surface area contributed by atoms with Gasteiger partial charge in [-0.3, -0.25) is 0 Å². The molecule has 56 valence electrons. The summed E-state index contributed by atoms with van der Waals surface area (Å²) in [6.07, 6.45) is 3.20. The molecule has 0 aromatic carbocycles. The second kappa shape index (κ2) is 2.23. The van der Waals surface area contributed by atoms with E-state index in [1.807, 2.05) is 6.07 Å². The van der Waals surface area contributed by atoms with Gasteiger partial charge in [0, 0.05) is 4.47 Å². The number of nitrogens with one attached hydrogen (secondary N) is 1. The maximum Gasteiger partial charge on any atom is 0.290 e. The Kier molecular flexibility index (Phi) is 1.35. The molecule has 11 heavy (non-hydrogen) atoms. The lowest BCUT2D eigenvalue weighted by atomic mass is 10.3. The number of rotatable bonds is 0. The molecular weight excluding hydrogens is 208 g/mol. The molecule has 3 nitrogen and oxygen atoms in total. The Morgan fingerprint density at radius 2 is 2.27 bits per heavy atom. The molecule has 2 aromatic heterocycles. The van der Waals surface area contributed by atoms with Crippen LogP contribution in [-0.4, -0.2) is 4.98 Å². The van der Waals surface area contributed by atoms with E-state index in [4.69, 9.17) is 0 Å². The van der Waals surface area contributed by atoms with E-state index < -0.39 is 0 Å². The predicted octanol–water partition coefficient (Wildman–Crippen LogP) is 1.56. The third-order valence-corrected chi connectivity index (χ3v) is 2.25. The second-order valence-corrected chi connectivity index (χ2v) is 3.08. The largest absolute Gasteiger partial charge is 0.711 e. The van der Waals surface area contributed by atoms with Crippen LogP contribution >= 0.6 is 15.9 Å². The first kappa shape index (κ1) is 6.67. The topological polar surface area (TPSA) is 42.7 Å². The average molecular weight is 213 g/mol. The summed E-state index contributed by atoms with van der Waals surface area (Å²) in [7, 11) is 0. The molecule has 0 fully saturated rings. The van der Waals surface area contributed by atoms with E-state index >= 15 is 0 Å². The number of nitrogens with zero attached hydrogens (tertiary/aromatic N) is 1. The van der Waals surface area contributed by atoms with Gasteiger partial charge in [-0.25, -0.2) is 9.71 Å². The molecule has 0 saturated carbocycles. The highest BCUT2D eigenvalue weighted by Crippen LogP contribution is 2.18. The Morgan fingerprint density at radius 3 is 3.00 bits per heavy atom. The molecule has 0 aliphatic carbocycles. The normalized spacial score (nSPS) is 10.6. The maximum absolute atomic E-state index is 11.1. The first-order valence-corrected chi connectivity index (χ1v) is 3.93. The molecule has 0 atom stereocenters. The standard InChI is InChI=1S/C7H5BrN2O/c8-6-2-4-10(11)7-5(6)1-3-9-7/h1-4,9H. The van der Waals surface area contributed by atoms with Crippen molar-refractivity contribution < 1.29 is 4.73 Å². The highest BCUT2D eigenvalue weighted by molar-refractivity contribution is 9.10. The minimum absolute atomic E-state index is 0.583. The van der Waals surface area contributed by atoms with Crippen LogP contribution in [0, 0.1) is 5.21 Å². The SMILES string of the molecule is [O-][n+]1ccc(Br)c2cc[nH]c21. The fourth-order valence-corrected chi connectivity index (χ4v) is 1.47. The minimum Gasteiger partial charge on any atom is -0.711 e. The van der Waals surface area contributed by atoms with Gasteiger partial charge in [0.15, 0.2) is 0 Å². The summed E-state index contributed by atoms with van der Waals surface area (Å²) in [6, 6.07) is 3.58. The van der Waals surface area contributed by atoms with Gasteiger partial charge in [0.1, 0.15) is 0 Å². The summed E-state index contributed by atoms with van der Waals surface area (Å²) in [5.41, 5.74) is 0.583. The zero-order valence-corrected chi connectivity index (χ0v) is 7.13. The molecule has 4 heteroatoms. The van der Waals surface area contributed by atoms with Crippen molar-refractivity contribution >= 4 is 27.0 Å². The zero-order chi connectivity index (χ0) is 7.84. The molecule has 0 amide bonds. The zero-order valence-electron chi connectivity index (χ0n) is 5.54. The second-order valence-electron chi connectivity index (χ2n) is 2.23. The molecule has 1 N–H and O–H groups in total. The van der Waals surface area contributed by atoms with Crippen molar-refractivity contribution in [2.24, 2.45) is 0 Å². The van der Waals surface area contributed by atoms with E-state index in [0.29, 0.717) is 5.65 Å². The lowest BCUT2D eigenvalue weighted by molar-refractivity contribution is -0.579. The Morgan fingerprint density at radius 1 is 1.45 bits per heavy atom. The van der Waals surface area contributed by atoms with Gasteiger partial charge in [-0.05, 0) is 28.1 Å². The molecular formula is C7H5BrN2O. The number of hydrogen-bond donors (Lipinski definition) is 1. The molecule has 0 aliphatic heterocycles. The van der Waals surface area contributed by atoms with E-state index in [1.54, 1.807) is 12.3 Å². The van der Waals surface area contributed by atoms with Crippen molar-refractivity contribution in [2.45, 2.75) is 0 Å². The van der Waals surface area contributed by atoms with Crippen LogP contribution < -0.4 is 4.73 Å². The van der Waals surface area contributed by atoms with Crippen molar-refractivity contribution in [3.05, 3.63) is 34.2 Å². The molecule has 0 unspecified atom stereocenters. The summed E-state index contributed by atoms with van der Waals surface area (Å²) in [5.74, 6) is 0. The summed E-state index contributed by atoms with van der Waals surface area (Å²) in [6.45, 7) is 0. The van der Waals surface area contributed by atoms with Gasteiger partial charge in [0.2, 0.25) is 0 Å². The van der Waals surface area contributed by atoms with Crippen LogP contribution in [0.4, 0.5) is 0 Å².